The highest BCUT2D eigenvalue weighted by Gasteiger charge is 2.39. The highest BCUT2D eigenvalue weighted by molar-refractivity contribution is 6.04. The number of urea groups is 1. The van der Waals surface area contributed by atoms with Crippen molar-refractivity contribution in [3.8, 4) is 5.75 Å². The number of nitro groups is 1. The molecule has 10 heteroatoms. The molecule has 2 N–H and O–H groups in total. The summed E-state index contributed by atoms with van der Waals surface area (Å²) in [7, 11) is 0. The molecule has 1 atom stereocenters. The maximum absolute atomic E-state index is 13.0. The largest absolute Gasteiger partial charge is 0.467 e. The number of nitrogens with zero attached hydrogens (tertiary/aromatic N) is 2. The van der Waals surface area contributed by atoms with Gasteiger partial charge in [0.25, 0.3) is 11.6 Å². The van der Waals surface area contributed by atoms with Crippen molar-refractivity contribution < 1.29 is 24.0 Å². The minimum Gasteiger partial charge on any atom is -0.467 e. The van der Waals surface area contributed by atoms with Crippen LogP contribution in [0.15, 0.2) is 42.6 Å². The predicted molar refractivity (Wildman–Crippen MR) is 108 cm³/mol. The quantitative estimate of drug-likeness (QED) is 0.370. The first-order valence-electron chi connectivity index (χ1n) is 9.69. The number of carbonyl (C=O) groups excluding carboxylic acids is 2. The molecule has 1 aromatic heterocycles. The molecule has 0 spiro atoms. The second kappa shape index (κ2) is 7.40. The molecular formula is C21H18N4O6. The Morgan fingerprint density at radius 3 is 2.87 bits per heavy atom. The maximum atomic E-state index is 13.0. The van der Waals surface area contributed by atoms with Crippen LogP contribution in [0.3, 0.4) is 0 Å². The Hall–Kier alpha value is -3.92. The van der Waals surface area contributed by atoms with E-state index in [9.17, 15) is 19.7 Å². The summed E-state index contributed by atoms with van der Waals surface area (Å²) in [5.74, 6) is 0.0279. The Morgan fingerprint density at radius 1 is 1.19 bits per heavy atom. The van der Waals surface area contributed by atoms with Crippen LogP contribution >= 0.6 is 0 Å². The van der Waals surface area contributed by atoms with E-state index in [1.165, 1.54) is 12.1 Å². The van der Waals surface area contributed by atoms with Crippen molar-refractivity contribution in [2.24, 2.45) is 0 Å². The zero-order chi connectivity index (χ0) is 21.5. The van der Waals surface area contributed by atoms with E-state index in [-0.39, 0.29) is 31.5 Å². The van der Waals surface area contributed by atoms with Crippen molar-refractivity contribution >= 4 is 28.5 Å². The number of nitro benzene ring substituents is 1. The lowest BCUT2D eigenvalue weighted by atomic mass is 10.0. The van der Waals surface area contributed by atoms with Crippen molar-refractivity contribution in [1.82, 2.24) is 15.2 Å². The van der Waals surface area contributed by atoms with Gasteiger partial charge in [0.2, 0.25) is 0 Å². The number of benzene rings is 2. The van der Waals surface area contributed by atoms with Gasteiger partial charge in [0.05, 0.1) is 18.1 Å². The van der Waals surface area contributed by atoms with Crippen molar-refractivity contribution in [3.63, 3.8) is 0 Å². The molecule has 2 aromatic carbocycles. The highest BCUT2D eigenvalue weighted by Crippen LogP contribution is 2.34. The first-order valence-corrected chi connectivity index (χ1v) is 9.69. The monoisotopic (exact) mass is 422 g/mol. The van der Waals surface area contributed by atoms with Gasteiger partial charge in [-0.2, -0.15) is 0 Å². The van der Waals surface area contributed by atoms with E-state index in [0.717, 1.165) is 21.4 Å². The molecule has 1 unspecified atom stereocenters. The van der Waals surface area contributed by atoms with Crippen molar-refractivity contribution in [1.29, 1.82) is 0 Å². The molecule has 2 aliphatic rings. The van der Waals surface area contributed by atoms with Gasteiger partial charge in [0.1, 0.15) is 11.8 Å². The molecule has 3 amide bonds. The number of amides is 3. The number of H-pyrrole nitrogens is 1. The summed E-state index contributed by atoms with van der Waals surface area (Å²) < 4.78 is 10.7. The fourth-order valence-electron chi connectivity index (χ4n) is 4.06. The minimum absolute atomic E-state index is 0.00113. The van der Waals surface area contributed by atoms with E-state index in [4.69, 9.17) is 9.47 Å². The fourth-order valence-corrected chi connectivity index (χ4v) is 4.06. The highest BCUT2D eigenvalue weighted by atomic mass is 16.7. The Bertz CT molecular complexity index is 1220. The lowest BCUT2D eigenvalue weighted by Crippen LogP contribution is -2.32. The Labute approximate surface area is 175 Å². The number of ether oxygens (including phenoxy) is 2. The second-order valence-corrected chi connectivity index (χ2v) is 7.45. The molecule has 0 bridgehead atoms. The summed E-state index contributed by atoms with van der Waals surface area (Å²) in [5.41, 5.74) is 2.63. The Kier molecular flexibility index (Phi) is 4.55. The van der Waals surface area contributed by atoms with Crippen LogP contribution in [0.4, 0.5) is 10.5 Å². The number of aromatic amines is 1. The van der Waals surface area contributed by atoms with Gasteiger partial charge in [0.15, 0.2) is 6.79 Å². The molecule has 3 aromatic rings. The van der Waals surface area contributed by atoms with Crippen molar-refractivity contribution in [2.75, 3.05) is 6.79 Å². The number of rotatable bonds is 5. The minimum atomic E-state index is -0.717. The van der Waals surface area contributed by atoms with E-state index >= 15 is 0 Å². The number of non-ortho nitro benzene ring substituents is 1. The van der Waals surface area contributed by atoms with E-state index in [0.29, 0.717) is 23.3 Å². The molecule has 1 fully saturated rings. The molecule has 158 valence electrons. The van der Waals surface area contributed by atoms with E-state index < -0.39 is 17.0 Å². The maximum Gasteiger partial charge on any atom is 0.325 e. The van der Waals surface area contributed by atoms with Crippen LogP contribution in [0.2, 0.25) is 0 Å². The number of fused-ring (bicyclic) bond motifs is 2. The predicted octanol–water partition coefficient (Wildman–Crippen LogP) is 2.61. The zero-order valence-electron chi connectivity index (χ0n) is 16.3. The lowest BCUT2D eigenvalue weighted by Gasteiger charge is -2.22. The number of carbonyl (C=O) groups is 2. The molecular weight excluding hydrogens is 404 g/mol. The number of hydrogen-bond donors (Lipinski definition) is 2. The smallest absolute Gasteiger partial charge is 0.325 e. The van der Waals surface area contributed by atoms with E-state index in [2.05, 4.69) is 10.3 Å². The lowest BCUT2D eigenvalue weighted by molar-refractivity contribution is -0.385. The number of nitrogens with one attached hydrogen (secondary N) is 2. The van der Waals surface area contributed by atoms with Crippen LogP contribution in [0.5, 0.6) is 5.75 Å². The van der Waals surface area contributed by atoms with Crippen molar-refractivity contribution in [2.45, 2.75) is 25.6 Å². The average molecular weight is 422 g/mol. The summed E-state index contributed by atoms with van der Waals surface area (Å²) in [6, 6.07) is 9.18. The van der Waals surface area contributed by atoms with Gasteiger partial charge < -0.3 is 19.8 Å². The molecule has 0 aliphatic carbocycles. The number of aromatic nitrogens is 1. The zero-order valence-corrected chi connectivity index (χ0v) is 16.3. The summed E-state index contributed by atoms with van der Waals surface area (Å²) in [6.45, 7) is 0.0353. The van der Waals surface area contributed by atoms with Gasteiger partial charge in [-0.25, -0.2) is 4.79 Å². The number of imide groups is 1. The molecule has 0 saturated carbocycles. The van der Waals surface area contributed by atoms with Crippen LogP contribution in [-0.4, -0.2) is 39.6 Å². The standard InChI is InChI=1S/C21H18N4O6/c26-20-18(7-12-8-22-17-4-2-1-3-16(12)17)23-21(27)24(20)9-13-5-15(25(28)29)6-14-10-30-11-31-19(13)14/h1-6,8,18,22H,7,9-11H2,(H,23,27). The third-order valence-corrected chi connectivity index (χ3v) is 5.52. The summed E-state index contributed by atoms with van der Waals surface area (Å²) in [5, 5.41) is 15.0. The Morgan fingerprint density at radius 2 is 2.03 bits per heavy atom. The molecule has 3 heterocycles. The molecule has 1 saturated heterocycles. The van der Waals surface area contributed by atoms with Gasteiger partial charge in [0, 0.05) is 46.8 Å². The third-order valence-electron chi connectivity index (χ3n) is 5.52. The summed E-state index contributed by atoms with van der Waals surface area (Å²) in [6.07, 6.45) is 2.17. The molecule has 5 rings (SSSR count). The fraction of sp³-hybridized carbons (Fsp3) is 0.238. The van der Waals surface area contributed by atoms with Crippen LogP contribution in [0, 0.1) is 10.1 Å². The third kappa shape index (κ3) is 3.36. The summed E-state index contributed by atoms with van der Waals surface area (Å²) in [4.78, 5) is 40.6. The average Bonchev–Trinajstić information content (AvgIpc) is 3.30. The van der Waals surface area contributed by atoms with Crippen LogP contribution < -0.4 is 10.1 Å². The van der Waals surface area contributed by atoms with E-state index in [1.807, 2.05) is 30.5 Å². The summed E-state index contributed by atoms with van der Waals surface area (Å²) >= 11 is 0. The normalized spacial score (nSPS) is 18.1. The van der Waals surface area contributed by atoms with Gasteiger partial charge in [-0.1, -0.05) is 18.2 Å². The molecule has 2 aliphatic heterocycles. The second-order valence-electron chi connectivity index (χ2n) is 7.45. The van der Waals surface area contributed by atoms with E-state index in [1.54, 1.807) is 0 Å². The first kappa shape index (κ1) is 19.1. The van der Waals surface area contributed by atoms with Crippen LogP contribution in [0.25, 0.3) is 10.9 Å². The van der Waals surface area contributed by atoms with Gasteiger partial charge in [-0.3, -0.25) is 19.8 Å². The van der Waals surface area contributed by atoms with Gasteiger partial charge >= 0.3 is 6.03 Å². The van der Waals surface area contributed by atoms with Crippen LogP contribution in [0.1, 0.15) is 16.7 Å². The first-order chi connectivity index (χ1) is 15.0. The molecule has 0 radical (unpaired) electrons. The topological polar surface area (TPSA) is 127 Å². The molecule has 31 heavy (non-hydrogen) atoms. The SMILES string of the molecule is O=C1NC(Cc2c[nH]c3ccccc23)C(=O)N1Cc1cc([N+](=O)[O-])cc2c1OCOC2. The van der Waals surface area contributed by atoms with Crippen molar-refractivity contribution in [3.05, 3.63) is 69.4 Å². The number of hydrogen-bond acceptors (Lipinski definition) is 6. The molecule has 10 nitrogen and oxygen atoms in total. The van der Waals surface area contributed by atoms with Gasteiger partial charge in [-0.15, -0.1) is 0 Å². The van der Waals surface area contributed by atoms with Crippen LogP contribution in [-0.2, 0) is 29.1 Å². The Balaban J connectivity index is 1.40. The number of para-hydroxylation sites is 1. The van der Waals surface area contributed by atoms with Gasteiger partial charge in [-0.05, 0) is 11.6 Å².